The zero-order chi connectivity index (χ0) is 13.8. The van der Waals surface area contributed by atoms with Gasteiger partial charge in [-0.15, -0.1) is 0 Å². The monoisotopic (exact) mass is 274 g/mol. The second-order valence-electron chi connectivity index (χ2n) is 3.65. The Labute approximate surface area is 111 Å². The SMILES string of the molecule is C=CC(=O)N(N=S(=O)=O)c1cccc2ccccc12. The normalized spacial score (nSPS) is 9.89. The van der Waals surface area contributed by atoms with Gasteiger partial charge in [0.05, 0.1) is 5.69 Å². The molecule has 5 nitrogen and oxygen atoms in total. The highest BCUT2D eigenvalue weighted by atomic mass is 32.2. The maximum Gasteiger partial charge on any atom is 0.333 e. The summed E-state index contributed by atoms with van der Waals surface area (Å²) in [5, 5.41) is 2.43. The second-order valence-corrected chi connectivity index (χ2v) is 4.25. The van der Waals surface area contributed by atoms with Crippen molar-refractivity contribution in [3.05, 3.63) is 55.1 Å². The van der Waals surface area contributed by atoms with Crippen molar-refractivity contribution in [3.8, 4) is 0 Å². The molecule has 0 bridgehead atoms. The minimum Gasteiger partial charge on any atom is -0.267 e. The summed E-state index contributed by atoms with van der Waals surface area (Å²) in [6.45, 7) is 3.34. The van der Waals surface area contributed by atoms with Crippen molar-refractivity contribution in [1.82, 2.24) is 0 Å². The van der Waals surface area contributed by atoms with Gasteiger partial charge in [-0.2, -0.15) is 13.4 Å². The fourth-order valence-electron chi connectivity index (χ4n) is 1.75. The smallest absolute Gasteiger partial charge is 0.267 e. The van der Waals surface area contributed by atoms with E-state index in [9.17, 15) is 13.2 Å². The summed E-state index contributed by atoms with van der Waals surface area (Å²) < 4.78 is 24.8. The van der Waals surface area contributed by atoms with Crippen molar-refractivity contribution in [1.29, 1.82) is 0 Å². The van der Waals surface area contributed by atoms with Crippen molar-refractivity contribution < 1.29 is 13.2 Å². The van der Waals surface area contributed by atoms with E-state index in [0.29, 0.717) is 5.69 Å². The highest BCUT2D eigenvalue weighted by molar-refractivity contribution is 7.61. The number of nitrogens with zero attached hydrogens (tertiary/aromatic N) is 2. The van der Waals surface area contributed by atoms with Gasteiger partial charge in [-0.1, -0.05) is 43.0 Å². The molecule has 0 saturated heterocycles. The number of fused-ring (bicyclic) bond motifs is 1. The van der Waals surface area contributed by atoms with E-state index < -0.39 is 16.4 Å². The van der Waals surface area contributed by atoms with Crippen LogP contribution in [0.1, 0.15) is 0 Å². The molecular weight excluding hydrogens is 264 g/mol. The first-order chi connectivity index (χ1) is 9.13. The molecule has 2 aromatic rings. The number of carbonyl (C=O) groups excluding carboxylic acids is 1. The molecule has 0 radical (unpaired) electrons. The number of carbonyl (C=O) groups is 1. The molecule has 0 aliphatic heterocycles. The van der Waals surface area contributed by atoms with Crippen LogP contribution in [0.2, 0.25) is 0 Å². The van der Waals surface area contributed by atoms with E-state index in [4.69, 9.17) is 0 Å². The molecule has 2 rings (SSSR count). The first-order valence-electron chi connectivity index (χ1n) is 5.39. The van der Waals surface area contributed by atoms with Crippen LogP contribution in [0.3, 0.4) is 0 Å². The fourth-order valence-corrected chi connectivity index (χ4v) is 2.05. The number of hydrogen-bond acceptors (Lipinski definition) is 4. The van der Waals surface area contributed by atoms with Gasteiger partial charge >= 0.3 is 10.5 Å². The zero-order valence-corrected chi connectivity index (χ0v) is 10.7. The second kappa shape index (κ2) is 5.45. The third-order valence-electron chi connectivity index (χ3n) is 2.53. The number of benzene rings is 2. The summed E-state index contributed by atoms with van der Waals surface area (Å²) in [4.78, 5) is 11.7. The average molecular weight is 274 g/mol. The van der Waals surface area contributed by atoms with Gasteiger partial charge in [-0.3, -0.25) is 4.79 Å². The average Bonchev–Trinajstić information content (AvgIpc) is 2.43. The fraction of sp³-hybridized carbons (Fsp3) is 0. The van der Waals surface area contributed by atoms with Crippen molar-refractivity contribution >= 4 is 32.9 Å². The summed E-state index contributed by atoms with van der Waals surface area (Å²) >= 11 is 0. The quantitative estimate of drug-likeness (QED) is 0.637. The summed E-state index contributed by atoms with van der Waals surface area (Å²) in [6, 6.07) is 12.5. The van der Waals surface area contributed by atoms with E-state index in [1.54, 1.807) is 24.3 Å². The third kappa shape index (κ3) is 2.69. The number of hydrogen-bond donors (Lipinski definition) is 0. The van der Waals surface area contributed by atoms with Crippen LogP contribution in [0.4, 0.5) is 5.69 Å². The van der Waals surface area contributed by atoms with Gasteiger partial charge in [0.15, 0.2) is 0 Å². The lowest BCUT2D eigenvalue weighted by Gasteiger charge is -2.15. The Morgan fingerprint density at radius 2 is 1.84 bits per heavy atom. The molecule has 0 atom stereocenters. The van der Waals surface area contributed by atoms with Gasteiger partial charge in [0, 0.05) is 5.39 Å². The molecule has 0 aliphatic rings. The number of rotatable bonds is 3. The van der Waals surface area contributed by atoms with E-state index in [0.717, 1.165) is 21.9 Å². The van der Waals surface area contributed by atoms with Gasteiger partial charge < -0.3 is 0 Å². The van der Waals surface area contributed by atoms with Crippen molar-refractivity contribution in [3.63, 3.8) is 0 Å². The molecule has 0 spiro atoms. The molecule has 19 heavy (non-hydrogen) atoms. The molecule has 0 aromatic heterocycles. The molecule has 0 fully saturated rings. The Balaban J connectivity index is 2.72. The number of amides is 1. The van der Waals surface area contributed by atoms with E-state index in [2.05, 4.69) is 11.1 Å². The van der Waals surface area contributed by atoms with Crippen LogP contribution >= 0.6 is 0 Å². The Morgan fingerprint density at radius 1 is 1.16 bits per heavy atom. The van der Waals surface area contributed by atoms with Crippen molar-refractivity contribution in [2.45, 2.75) is 0 Å². The number of anilines is 1. The minimum absolute atomic E-state index is 0.396. The molecule has 96 valence electrons. The molecule has 1 amide bonds. The van der Waals surface area contributed by atoms with Gasteiger partial charge in [-0.05, 0) is 22.0 Å². The first-order valence-corrected chi connectivity index (χ1v) is 6.42. The van der Waals surface area contributed by atoms with Gasteiger partial charge in [0.1, 0.15) is 0 Å². The van der Waals surface area contributed by atoms with Gasteiger partial charge in [-0.25, -0.2) is 0 Å². The zero-order valence-electron chi connectivity index (χ0n) is 9.85. The molecule has 0 saturated carbocycles. The Kier molecular flexibility index (Phi) is 3.72. The maximum absolute atomic E-state index is 11.7. The van der Waals surface area contributed by atoms with Crippen LogP contribution in [0.25, 0.3) is 10.8 Å². The summed E-state index contributed by atoms with van der Waals surface area (Å²) in [7, 11) is -2.73. The highest BCUT2D eigenvalue weighted by Gasteiger charge is 2.15. The standard InChI is InChI=1S/C13H10N2O3S/c1-2-13(16)15(14-19(17)18)12-9-5-7-10-6-3-4-8-11(10)12/h2-9H,1H2. The topological polar surface area (TPSA) is 66.8 Å². The molecule has 0 N–H and O–H groups in total. The molecule has 0 unspecified atom stereocenters. The van der Waals surface area contributed by atoms with E-state index >= 15 is 0 Å². The Bertz CT molecular complexity index is 768. The molecular formula is C13H10N2O3S. The van der Waals surface area contributed by atoms with Crippen molar-refractivity contribution in [2.75, 3.05) is 5.01 Å². The van der Waals surface area contributed by atoms with E-state index in [-0.39, 0.29) is 0 Å². The predicted molar refractivity (Wildman–Crippen MR) is 73.0 cm³/mol. The summed E-state index contributed by atoms with van der Waals surface area (Å²) in [5.41, 5.74) is 0.396. The predicted octanol–water partition coefficient (Wildman–Crippen LogP) is 2.34. The van der Waals surface area contributed by atoms with Crippen LogP contribution in [0.5, 0.6) is 0 Å². The van der Waals surface area contributed by atoms with E-state index in [1.807, 2.05) is 18.2 Å². The maximum atomic E-state index is 11.7. The first kappa shape index (κ1) is 13.0. The summed E-state index contributed by atoms with van der Waals surface area (Å²) in [6.07, 6.45) is 1.01. The Morgan fingerprint density at radius 3 is 2.53 bits per heavy atom. The van der Waals surface area contributed by atoms with Crippen LogP contribution in [-0.2, 0) is 15.3 Å². The lowest BCUT2D eigenvalue weighted by Crippen LogP contribution is -2.22. The van der Waals surface area contributed by atoms with Gasteiger partial charge in [0.25, 0.3) is 5.91 Å². The lowest BCUT2D eigenvalue weighted by atomic mass is 10.1. The minimum atomic E-state index is -2.73. The third-order valence-corrected chi connectivity index (χ3v) is 2.82. The summed E-state index contributed by atoms with van der Waals surface area (Å²) in [5.74, 6) is -0.611. The molecule has 2 aromatic carbocycles. The van der Waals surface area contributed by atoms with Crippen molar-refractivity contribution in [2.24, 2.45) is 4.47 Å². The Hall–Kier alpha value is -2.47. The van der Waals surface area contributed by atoms with E-state index in [1.165, 1.54) is 0 Å². The molecule has 6 heteroatoms. The molecule has 0 heterocycles. The van der Waals surface area contributed by atoms with Crippen LogP contribution in [-0.4, -0.2) is 14.3 Å². The largest absolute Gasteiger partial charge is 0.333 e. The van der Waals surface area contributed by atoms with Gasteiger partial charge in [0.2, 0.25) is 0 Å². The highest BCUT2D eigenvalue weighted by Crippen LogP contribution is 2.27. The lowest BCUT2D eigenvalue weighted by molar-refractivity contribution is -0.114. The van der Waals surface area contributed by atoms with Crippen LogP contribution < -0.4 is 5.01 Å². The van der Waals surface area contributed by atoms with Crippen LogP contribution in [0.15, 0.2) is 59.6 Å². The van der Waals surface area contributed by atoms with Crippen LogP contribution in [0, 0.1) is 0 Å². The molecule has 0 aliphatic carbocycles.